The Labute approximate surface area is 147 Å². The molecular formula is C18H24N4O3. The van der Waals surface area contributed by atoms with E-state index in [4.69, 9.17) is 4.74 Å². The van der Waals surface area contributed by atoms with Crippen LogP contribution in [0.3, 0.4) is 0 Å². The van der Waals surface area contributed by atoms with Gasteiger partial charge in [0.1, 0.15) is 12.6 Å². The number of aromatic nitrogens is 2. The number of alkyl carbamates (subject to hydrolysis) is 1. The van der Waals surface area contributed by atoms with Crippen molar-refractivity contribution in [3.05, 3.63) is 48.2 Å². The maximum atomic E-state index is 12.5. The molecule has 2 amide bonds. The topological polar surface area (TPSA) is 85.2 Å². The largest absolute Gasteiger partial charge is 0.445 e. The summed E-state index contributed by atoms with van der Waals surface area (Å²) in [4.78, 5) is 24.6. The van der Waals surface area contributed by atoms with E-state index in [1.807, 2.05) is 44.2 Å². The number of nitrogens with zero attached hydrogens (tertiary/aromatic N) is 2. The monoisotopic (exact) mass is 344 g/mol. The first-order valence-corrected chi connectivity index (χ1v) is 8.27. The zero-order chi connectivity index (χ0) is 18.2. The van der Waals surface area contributed by atoms with Gasteiger partial charge in [0.15, 0.2) is 5.82 Å². The Kier molecular flexibility index (Phi) is 6.56. The van der Waals surface area contributed by atoms with Gasteiger partial charge in [-0.1, -0.05) is 50.6 Å². The minimum atomic E-state index is -0.699. The fourth-order valence-electron chi connectivity index (χ4n) is 2.28. The molecule has 2 atom stereocenters. The van der Waals surface area contributed by atoms with E-state index >= 15 is 0 Å². The molecule has 7 nitrogen and oxygen atoms in total. The van der Waals surface area contributed by atoms with Crippen LogP contribution in [0, 0.1) is 5.92 Å². The molecule has 0 saturated carbocycles. The van der Waals surface area contributed by atoms with E-state index in [9.17, 15) is 9.59 Å². The highest BCUT2D eigenvalue weighted by molar-refractivity contribution is 5.96. The molecule has 2 N–H and O–H groups in total. The molecule has 2 rings (SSSR count). The second kappa shape index (κ2) is 8.86. The summed E-state index contributed by atoms with van der Waals surface area (Å²) in [6.07, 6.45) is 1.85. The standard InChI is InChI=1S/C18H24N4O3/c1-4-13(2)16(17(23)19-15-10-11-22(3)21-15)20-18(24)25-12-14-8-6-5-7-9-14/h5-11,13,16H,4,12H2,1-3H3,(H,20,24)(H,19,21,23)/t13-,16-/m0/s1. The van der Waals surface area contributed by atoms with Crippen molar-refractivity contribution in [1.29, 1.82) is 0 Å². The third kappa shape index (κ3) is 5.63. The predicted octanol–water partition coefficient (Wildman–Crippen LogP) is 2.70. The van der Waals surface area contributed by atoms with Crippen LogP contribution >= 0.6 is 0 Å². The number of nitrogens with one attached hydrogen (secondary N) is 2. The molecule has 0 aliphatic rings. The highest BCUT2D eigenvalue weighted by Crippen LogP contribution is 2.11. The third-order valence-electron chi connectivity index (χ3n) is 3.95. The molecule has 0 radical (unpaired) electrons. The number of hydrogen-bond acceptors (Lipinski definition) is 4. The Balaban J connectivity index is 1.94. The van der Waals surface area contributed by atoms with Crippen LogP contribution < -0.4 is 10.6 Å². The van der Waals surface area contributed by atoms with Gasteiger partial charge in [0.2, 0.25) is 5.91 Å². The van der Waals surface area contributed by atoms with Crippen LogP contribution in [-0.4, -0.2) is 27.8 Å². The van der Waals surface area contributed by atoms with Gasteiger partial charge in [0, 0.05) is 19.3 Å². The van der Waals surface area contributed by atoms with Gasteiger partial charge in [-0.15, -0.1) is 0 Å². The Morgan fingerprint density at radius 1 is 1.24 bits per heavy atom. The molecule has 7 heteroatoms. The zero-order valence-corrected chi connectivity index (χ0v) is 14.7. The minimum absolute atomic E-state index is 0.0482. The van der Waals surface area contributed by atoms with Crippen molar-refractivity contribution in [2.24, 2.45) is 13.0 Å². The quantitative estimate of drug-likeness (QED) is 0.809. The van der Waals surface area contributed by atoms with E-state index < -0.39 is 12.1 Å². The molecule has 134 valence electrons. The Morgan fingerprint density at radius 2 is 1.96 bits per heavy atom. The van der Waals surface area contributed by atoms with Crippen molar-refractivity contribution in [3.63, 3.8) is 0 Å². The summed E-state index contributed by atoms with van der Waals surface area (Å²) in [6, 6.07) is 10.4. The van der Waals surface area contributed by atoms with Crippen LogP contribution in [0.5, 0.6) is 0 Å². The molecule has 0 saturated heterocycles. The molecule has 0 fully saturated rings. The van der Waals surface area contributed by atoms with Gasteiger partial charge in [0.05, 0.1) is 0 Å². The molecule has 1 heterocycles. The lowest BCUT2D eigenvalue weighted by molar-refractivity contribution is -0.119. The molecule has 1 aromatic heterocycles. The smallest absolute Gasteiger partial charge is 0.408 e. The average molecular weight is 344 g/mol. The molecule has 25 heavy (non-hydrogen) atoms. The number of carbonyl (C=O) groups excluding carboxylic acids is 2. The minimum Gasteiger partial charge on any atom is -0.445 e. The van der Waals surface area contributed by atoms with Gasteiger partial charge in [0.25, 0.3) is 0 Å². The average Bonchev–Trinajstić information content (AvgIpc) is 3.02. The van der Waals surface area contributed by atoms with E-state index in [0.29, 0.717) is 5.82 Å². The van der Waals surface area contributed by atoms with Crippen LogP contribution in [0.15, 0.2) is 42.6 Å². The van der Waals surface area contributed by atoms with Crippen molar-refractivity contribution in [2.75, 3.05) is 5.32 Å². The van der Waals surface area contributed by atoms with E-state index in [1.165, 1.54) is 0 Å². The van der Waals surface area contributed by atoms with Crippen LogP contribution in [0.2, 0.25) is 0 Å². The predicted molar refractivity (Wildman–Crippen MR) is 94.8 cm³/mol. The van der Waals surface area contributed by atoms with Gasteiger partial charge in [-0.05, 0) is 11.5 Å². The van der Waals surface area contributed by atoms with Gasteiger partial charge in [-0.25, -0.2) is 4.79 Å². The van der Waals surface area contributed by atoms with Crippen LogP contribution in [0.25, 0.3) is 0 Å². The van der Waals surface area contributed by atoms with Crippen molar-refractivity contribution in [2.45, 2.75) is 32.9 Å². The molecule has 0 unspecified atom stereocenters. The summed E-state index contributed by atoms with van der Waals surface area (Å²) in [7, 11) is 1.76. The van der Waals surface area contributed by atoms with E-state index in [2.05, 4.69) is 15.7 Å². The third-order valence-corrected chi connectivity index (χ3v) is 3.95. The van der Waals surface area contributed by atoms with E-state index in [1.54, 1.807) is 24.0 Å². The number of ether oxygens (including phenoxy) is 1. The van der Waals surface area contributed by atoms with Gasteiger partial charge < -0.3 is 15.4 Å². The fraction of sp³-hybridized carbons (Fsp3) is 0.389. The Bertz CT molecular complexity index is 699. The van der Waals surface area contributed by atoms with Crippen molar-refractivity contribution in [3.8, 4) is 0 Å². The first-order valence-electron chi connectivity index (χ1n) is 8.27. The number of amides is 2. The van der Waals surface area contributed by atoms with Crippen molar-refractivity contribution >= 4 is 17.8 Å². The van der Waals surface area contributed by atoms with Crippen LogP contribution in [-0.2, 0) is 23.2 Å². The summed E-state index contributed by atoms with van der Waals surface area (Å²) >= 11 is 0. The van der Waals surface area contributed by atoms with Gasteiger partial charge in [-0.2, -0.15) is 5.10 Å². The normalized spacial score (nSPS) is 12.9. The van der Waals surface area contributed by atoms with Crippen LogP contribution in [0.4, 0.5) is 10.6 Å². The number of benzene rings is 1. The van der Waals surface area contributed by atoms with Crippen molar-refractivity contribution in [1.82, 2.24) is 15.1 Å². The van der Waals surface area contributed by atoms with Crippen LogP contribution in [0.1, 0.15) is 25.8 Å². The maximum absolute atomic E-state index is 12.5. The summed E-state index contributed by atoms with van der Waals surface area (Å²) in [5.41, 5.74) is 0.885. The molecule has 0 aliphatic carbocycles. The molecule has 0 bridgehead atoms. The number of carbonyl (C=O) groups is 2. The second-order valence-corrected chi connectivity index (χ2v) is 5.93. The lowest BCUT2D eigenvalue weighted by Crippen LogP contribution is -2.47. The molecule has 0 spiro atoms. The fourth-order valence-corrected chi connectivity index (χ4v) is 2.28. The number of aryl methyl sites for hydroxylation is 1. The van der Waals surface area contributed by atoms with E-state index in [-0.39, 0.29) is 18.4 Å². The lowest BCUT2D eigenvalue weighted by atomic mass is 9.98. The summed E-state index contributed by atoms with van der Waals surface area (Å²) in [5, 5.41) is 9.49. The van der Waals surface area contributed by atoms with Gasteiger partial charge >= 0.3 is 6.09 Å². The molecule has 0 aliphatic heterocycles. The number of hydrogen-bond donors (Lipinski definition) is 2. The summed E-state index contributed by atoms with van der Waals surface area (Å²) in [5.74, 6) is 0.0814. The van der Waals surface area contributed by atoms with Gasteiger partial charge in [-0.3, -0.25) is 9.48 Å². The first kappa shape index (κ1) is 18.5. The highest BCUT2D eigenvalue weighted by atomic mass is 16.5. The number of anilines is 1. The zero-order valence-electron chi connectivity index (χ0n) is 14.7. The van der Waals surface area contributed by atoms with Crippen molar-refractivity contribution < 1.29 is 14.3 Å². The molecular weight excluding hydrogens is 320 g/mol. The number of rotatable bonds is 7. The first-order chi connectivity index (χ1) is 12.0. The highest BCUT2D eigenvalue weighted by Gasteiger charge is 2.27. The molecule has 2 aromatic rings. The summed E-state index contributed by atoms with van der Waals surface area (Å²) < 4.78 is 6.80. The maximum Gasteiger partial charge on any atom is 0.408 e. The lowest BCUT2D eigenvalue weighted by Gasteiger charge is -2.22. The summed E-state index contributed by atoms with van der Waals surface area (Å²) in [6.45, 7) is 4.02. The Hall–Kier alpha value is -2.83. The Morgan fingerprint density at radius 3 is 2.56 bits per heavy atom. The SMILES string of the molecule is CC[C@H](C)[C@H](NC(=O)OCc1ccccc1)C(=O)Nc1ccn(C)n1. The molecule has 1 aromatic carbocycles. The van der Waals surface area contributed by atoms with E-state index in [0.717, 1.165) is 12.0 Å². The second-order valence-electron chi connectivity index (χ2n) is 5.93.